The van der Waals surface area contributed by atoms with Crippen LogP contribution >= 0.6 is 0 Å². The van der Waals surface area contributed by atoms with Gasteiger partial charge in [0, 0.05) is 13.6 Å². The second kappa shape index (κ2) is 8.86. The van der Waals surface area contributed by atoms with Crippen LogP contribution in [0.15, 0.2) is 64.7 Å². The number of benzene rings is 2. The number of nitrogens with one attached hydrogen (secondary N) is 2. The molecular weight excluding hydrogens is 396 g/mol. The molecule has 0 spiro atoms. The highest BCUT2D eigenvalue weighted by atomic mass is 16.5. The molecule has 0 saturated carbocycles. The number of nitrogens with zero attached hydrogens (tertiary/aromatic N) is 4. The largest absolute Gasteiger partial charge is 0.489 e. The predicted octanol–water partition coefficient (Wildman–Crippen LogP) is 1.76. The van der Waals surface area contributed by atoms with Crippen molar-refractivity contribution in [3.8, 4) is 5.75 Å². The van der Waals surface area contributed by atoms with Crippen molar-refractivity contribution >= 4 is 24.1 Å². The van der Waals surface area contributed by atoms with Crippen molar-refractivity contribution in [3.05, 3.63) is 65.7 Å². The van der Waals surface area contributed by atoms with Crippen LogP contribution < -0.4 is 15.5 Å². The van der Waals surface area contributed by atoms with Gasteiger partial charge in [0.25, 0.3) is 5.91 Å². The van der Waals surface area contributed by atoms with Gasteiger partial charge in [-0.25, -0.2) is 15.2 Å². The topological polar surface area (TPSA) is 98.6 Å². The molecule has 2 aromatic carbocycles. The van der Waals surface area contributed by atoms with E-state index in [1.807, 2.05) is 61.5 Å². The highest BCUT2D eigenvalue weighted by Crippen LogP contribution is 2.22. The SMILES string of the molecule is CCN1C(N/N=C/c2ccc(OCc3ccccc3)cc2)=NC2C1C(=O)NC(=O)N2C. The number of carbonyl (C=O) groups excluding carboxylic acids is 2. The van der Waals surface area contributed by atoms with E-state index < -0.39 is 18.2 Å². The lowest BCUT2D eigenvalue weighted by molar-refractivity contribution is -0.127. The first-order chi connectivity index (χ1) is 15.1. The molecule has 2 aliphatic heterocycles. The second-order valence-corrected chi connectivity index (χ2v) is 7.22. The number of guanidine groups is 1. The van der Waals surface area contributed by atoms with Crippen LogP contribution in [-0.4, -0.2) is 59.7 Å². The Bertz CT molecular complexity index is 1010. The molecule has 2 aromatic rings. The Hall–Kier alpha value is -3.88. The fourth-order valence-electron chi connectivity index (χ4n) is 3.52. The minimum Gasteiger partial charge on any atom is -0.489 e. The molecule has 9 nitrogen and oxygen atoms in total. The van der Waals surface area contributed by atoms with Crippen molar-refractivity contribution in [1.29, 1.82) is 0 Å². The molecular formula is C22H24N6O3. The van der Waals surface area contributed by atoms with Gasteiger partial charge < -0.3 is 14.5 Å². The van der Waals surface area contributed by atoms with E-state index in [1.54, 1.807) is 18.2 Å². The van der Waals surface area contributed by atoms with E-state index in [0.29, 0.717) is 19.1 Å². The van der Waals surface area contributed by atoms with Crippen LogP contribution in [0.5, 0.6) is 5.75 Å². The maximum atomic E-state index is 12.3. The van der Waals surface area contributed by atoms with Crippen LogP contribution in [-0.2, 0) is 11.4 Å². The van der Waals surface area contributed by atoms with E-state index in [0.717, 1.165) is 16.9 Å². The highest BCUT2D eigenvalue weighted by Gasteiger charge is 2.48. The molecule has 1 saturated heterocycles. The minimum absolute atomic E-state index is 0.356. The highest BCUT2D eigenvalue weighted by molar-refractivity contribution is 6.03. The van der Waals surface area contributed by atoms with E-state index in [9.17, 15) is 9.59 Å². The predicted molar refractivity (Wildman–Crippen MR) is 117 cm³/mol. The Morgan fingerprint density at radius 3 is 2.61 bits per heavy atom. The van der Waals surface area contributed by atoms with Crippen molar-refractivity contribution < 1.29 is 14.3 Å². The summed E-state index contributed by atoms with van der Waals surface area (Å²) in [5.74, 6) is 0.868. The number of ether oxygens (including phenoxy) is 1. The molecule has 160 valence electrons. The number of aliphatic imine (C=N–C) groups is 1. The molecule has 4 rings (SSSR count). The van der Waals surface area contributed by atoms with Crippen LogP contribution in [0.1, 0.15) is 18.1 Å². The standard InChI is InChI=1S/C22H24N6O3/c1-3-28-18-19(27(2)22(30)25-20(18)29)24-21(28)26-23-13-15-9-11-17(12-10-15)31-14-16-7-5-4-6-8-16/h4-13,18-19H,3,14H2,1-2H3,(H,24,26)(H,25,29,30)/b23-13+. The third-order valence-corrected chi connectivity index (χ3v) is 5.21. The second-order valence-electron chi connectivity index (χ2n) is 7.22. The average Bonchev–Trinajstić information content (AvgIpc) is 3.17. The van der Waals surface area contributed by atoms with E-state index in [-0.39, 0.29) is 5.91 Å². The molecule has 2 atom stereocenters. The zero-order valence-electron chi connectivity index (χ0n) is 17.4. The number of urea groups is 1. The summed E-state index contributed by atoms with van der Waals surface area (Å²) in [5, 5.41) is 6.60. The number of hydrogen-bond acceptors (Lipinski definition) is 7. The Kier molecular flexibility index (Phi) is 5.83. The molecule has 1 fully saturated rings. The Labute approximate surface area is 180 Å². The summed E-state index contributed by atoms with van der Waals surface area (Å²) in [7, 11) is 1.62. The van der Waals surface area contributed by atoms with Crippen LogP contribution in [0.4, 0.5) is 4.79 Å². The lowest BCUT2D eigenvalue weighted by Gasteiger charge is -2.35. The molecule has 0 aliphatic carbocycles. The minimum atomic E-state index is -0.569. The van der Waals surface area contributed by atoms with E-state index in [4.69, 9.17) is 4.74 Å². The van der Waals surface area contributed by atoms with Gasteiger partial charge in [0.1, 0.15) is 12.4 Å². The lowest BCUT2D eigenvalue weighted by atomic mass is 10.1. The van der Waals surface area contributed by atoms with Gasteiger partial charge in [-0.3, -0.25) is 10.1 Å². The van der Waals surface area contributed by atoms with Crippen LogP contribution in [0, 0.1) is 0 Å². The maximum Gasteiger partial charge on any atom is 0.325 e. The van der Waals surface area contributed by atoms with Crippen molar-refractivity contribution in [3.63, 3.8) is 0 Å². The van der Waals surface area contributed by atoms with Gasteiger partial charge in [-0.2, -0.15) is 5.10 Å². The molecule has 0 aromatic heterocycles. The van der Waals surface area contributed by atoms with Crippen molar-refractivity contribution in [2.45, 2.75) is 25.7 Å². The van der Waals surface area contributed by atoms with Crippen LogP contribution in [0.2, 0.25) is 0 Å². The number of imide groups is 1. The fourth-order valence-corrected chi connectivity index (χ4v) is 3.52. The smallest absolute Gasteiger partial charge is 0.325 e. The lowest BCUT2D eigenvalue weighted by Crippen LogP contribution is -2.64. The molecule has 9 heteroatoms. The summed E-state index contributed by atoms with van der Waals surface area (Å²) in [6, 6.07) is 16.5. The molecule has 2 unspecified atom stereocenters. The van der Waals surface area contributed by atoms with Gasteiger partial charge in [0.15, 0.2) is 12.2 Å². The van der Waals surface area contributed by atoms with Gasteiger partial charge in [-0.05, 0) is 42.3 Å². The molecule has 2 heterocycles. The quantitative estimate of drug-likeness (QED) is 0.548. The number of carbonyl (C=O) groups is 2. The number of hydrogen-bond donors (Lipinski definition) is 2. The molecule has 3 amide bonds. The van der Waals surface area contributed by atoms with Crippen molar-refractivity contribution in [2.75, 3.05) is 13.6 Å². The summed E-state index contributed by atoms with van der Waals surface area (Å²) >= 11 is 0. The van der Waals surface area contributed by atoms with E-state index in [2.05, 4.69) is 20.8 Å². The van der Waals surface area contributed by atoms with Gasteiger partial charge in [0.05, 0.1) is 6.21 Å². The van der Waals surface area contributed by atoms with Crippen molar-refractivity contribution in [2.24, 2.45) is 10.1 Å². The van der Waals surface area contributed by atoms with E-state index in [1.165, 1.54) is 4.90 Å². The summed E-state index contributed by atoms with van der Waals surface area (Å²) in [5.41, 5.74) is 4.89. The first kappa shape index (κ1) is 20.4. The Morgan fingerprint density at radius 1 is 1.16 bits per heavy atom. The molecule has 0 radical (unpaired) electrons. The third kappa shape index (κ3) is 4.35. The van der Waals surface area contributed by atoms with Gasteiger partial charge in [-0.1, -0.05) is 30.3 Å². The first-order valence-electron chi connectivity index (χ1n) is 10.0. The number of rotatable bonds is 6. The normalized spacial score (nSPS) is 20.5. The summed E-state index contributed by atoms with van der Waals surface area (Å²) in [4.78, 5) is 31.8. The van der Waals surface area contributed by atoms with Gasteiger partial charge >= 0.3 is 6.03 Å². The zero-order valence-corrected chi connectivity index (χ0v) is 17.4. The van der Waals surface area contributed by atoms with Gasteiger partial charge in [0.2, 0.25) is 5.96 Å². The summed E-state index contributed by atoms with van der Waals surface area (Å²) in [6.45, 7) is 2.97. The third-order valence-electron chi connectivity index (χ3n) is 5.21. The summed E-state index contributed by atoms with van der Waals surface area (Å²) < 4.78 is 5.79. The van der Waals surface area contributed by atoms with Crippen molar-refractivity contribution in [1.82, 2.24) is 20.5 Å². The van der Waals surface area contributed by atoms with Gasteiger partial charge in [-0.15, -0.1) is 0 Å². The first-order valence-corrected chi connectivity index (χ1v) is 10.0. The fraction of sp³-hybridized carbons (Fsp3) is 0.273. The van der Waals surface area contributed by atoms with Crippen LogP contribution in [0.25, 0.3) is 0 Å². The zero-order chi connectivity index (χ0) is 21.8. The number of fused-ring (bicyclic) bond motifs is 1. The Balaban J connectivity index is 1.36. The maximum absolute atomic E-state index is 12.3. The number of likely N-dealkylation sites (N-methyl/N-ethyl adjacent to an activating group) is 2. The molecule has 0 bridgehead atoms. The Morgan fingerprint density at radius 2 is 1.90 bits per heavy atom. The number of hydrazone groups is 1. The van der Waals surface area contributed by atoms with E-state index >= 15 is 0 Å². The molecule has 2 N–H and O–H groups in total. The average molecular weight is 420 g/mol. The van der Waals surface area contributed by atoms with Crippen LogP contribution in [0.3, 0.4) is 0 Å². The number of amides is 3. The molecule has 31 heavy (non-hydrogen) atoms. The summed E-state index contributed by atoms with van der Waals surface area (Å²) in [6.07, 6.45) is 1.09. The molecule has 2 aliphatic rings. The monoisotopic (exact) mass is 420 g/mol.